The van der Waals surface area contributed by atoms with E-state index in [1.807, 2.05) is 0 Å². The summed E-state index contributed by atoms with van der Waals surface area (Å²) in [6.45, 7) is 0. The normalized spacial score (nSPS) is 11.4. The number of aromatic nitrogens is 1. The first kappa shape index (κ1) is 17.5. The molecule has 0 radical (unpaired) electrons. The third kappa shape index (κ3) is 3.39. The number of anilines is 1. The number of pyridine rings is 1. The van der Waals surface area contributed by atoms with Crippen LogP contribution >= 0.6 is 0 Å². The molecule has 5 nitrogen and oxygen atoms in total. The first-order chi connectivity index (χ1) is 12.3. The first-order valence-corrected chi connectivity index (χ1v) is 7.47. The molecule has 26 heavy (non-hydrogen) atoms. The van der Waals surface area contributed by atoms with Crippen molar-refractivity contribution in [3.05, 3.63) is 70.0 Å². The first-order valence-electron chi connectivity index (χ1n) is 7.47. The summed E-state index contributed by atoms with van der Waals surface area (Å²) in [7, 11) is 1.44. The van der Waals surface area contributed by atoms with E-state index in [1.165, 1.54) is 31.5 Å². The number of hydrogen-bond donors (Lipinski definition) is 2. The highest BCUT2D eigenvalue weighted by Crippen LogP contribution is 2.30. The summed E-state index contributed by atoms with van der Waals surface area (Å²) < 4.78 is 43.3. The van der Waals surface area contributed by atoms with E-state index in [0.29, 0.717) is 11.3 Å². The van der Waals surface area contributed by atoms with E-state index in [-0.39, 0.29) is 16.6 Å². The fourth-order valence-corrected chi connectivity index (χ4v) is 2.46. The van der Waals surface area contributed by atoms with Gasteiger partial charge in [0.1, 0.15) is 11.3 Å². The Balaban J connectivity index is 1.96. The third-order valence-corrected chi connectivity index (χ3v) is 3.78. The molecule has 0 aliphatic carbocycles. The van der Waals surface area contributed by atoms with Gasteiger partial charge in [0.2, 0.25) is 5.43 Å². The Morgan fingerprint density at radius 1 is 1.15 bits per heavy atom. The molecular formula is C18H13F3N2O3. The van der Waals surface area contributed by atoms with Gasteiger partial charge in [-0.2, -0.15) is 13.2 Å². The van der Waals surface area contributed by atoms with Crippen LogP contribution in [-0.2, 0) is 6.18 Å². The Morgan fingerprint density at radius 3 is 2.62 bits per heavy atom. The second kappa shape index (κ2) is 6.55. The number of halogens is 3. The molecule has 0 bridgehead atoms. The standard InChI is InChI=1S/C18H13F3N2O3/c1-26-12-5-6-15-13(8-12)16(24)14(9-22-15)17(25)23-11-4-2-3-10(7-11)18(19,20)21/h2-9H,1H3,(H,22,24)(H,23,25). The third-order valence-electron chi connectivity index (χ3n) is 3.78. The second-order valence-electron chi connectivity index (χ2n) is 5.48. The molecule has 0 aliphatic rings. The number of aromatic amines is 1. The number of carbonyl (C=O) groups is 1. The smallest absolute Gasteiger partial charge is 0.416 e. The molecule has 0 atom stereocenters. The lowest BCUT2D eigenvalue weighted by atomic mass is 10.1. The van der Waals surface area contributed by atoms with Crippen molar-refractivity contribution in [3.63, 3.8) is 0 Å². The van der Waals surface area contributed by atoms with E-state index in [9.17, 15) is 22.8 Å². The zero-order chi connectivity index (χ0) is 18.9. The summed E-state index contributed by atoms with van der Waals surface area (Å²) in [4.78, 5) is 27.7. The molecule has 1 heterocycles. The van der Waals surface area contributed by atoms with Crippen LogP contribution in [0.15, 0.2) is 53.5 Å². The number of nitrogens with one attached hydrogen (secondary N) is 2. The van der Waals surface area contributed by atoms with Gasteiger partial charge in [0, 0.05) is 22.8 Å². The number of methoxy groups -OCH3 is 1. The fraction of sp³-hybridized carbons (Fsp3) is 0.111. The van der Waals surface area contributed by atoms with E-state index in [2.05, 4.69) is 10.3 Å². The molecule has 8 heteroatoms. The molecule has 1 aromatic heterocycles. The summed E-state index contributed by atoms with van der Waals surface area (Å²) in [6, 6.07) is 8.94. The molecule has 0 fully saturated rings. The number of ether oxygens (including phenoxy) is 1. The maximum atomic E-state index is 12.8. The molecule has 2 aromatic carbocycles. The van der Waals surface area contributed by atoms with Gasteiger partial charge in [0.25, 0.3) is 5.91 Å². The number of carbonyl (C=O) groups excluding carboxylic acids is 1. The van der Waals surface area contributed by atoms with E-state index < -0.39 is 23.1 Å². The van der Waals surface area contributed by atoms with E-state index in [1.54, 1.807) is 12.1 Å². The largest absolute Gasteiger partial charge is 0.497 e. The van der Waals surface area contributed by atoms with Gasteiger partial charge in [-0.05, 0) is 36.4 Å². The van der Waals surface area contributed by atoms with Gasteiger partial charge in [0.05, 0.1) is 12.7 Å². The lowest BCUT2D eigenvalue weighted by Gasteiger charge is -2.10. The number of rotatable bonds is 3. The van der Waals surface area contributed by atoms with Crippen molar-refractivity contribution >= 4 is 22.5 Å². The maximum absolute atomic E-state index is 12.8. The highest BCUT2D eigenvalue weighted by molar-refractivity contribution is 6.05. The number of H-pyrrole nitrogens is 1. The minimum absolute atomic E-state index is 0.0602. The summed E-state index contributed by atoms with van der Waals surface area (Å²) >= 11 is 0. The Bertz CT molecular complexity index is 1040. The molecule has 3 rings (SSSR count). The van der Waals surface area contributed by atoms with Gasteiger partial charge in [0.15, 0.2) is 0 Å². The zero-order valence-electron chi connectivity index (χ0n) is 13.5. The van der Waals surface area contributed by atoms with Crippen molar-refractivity contribution in [1.29, 1.82) is 0 Å². The zero-order valence-corrected chi connectivity index (χ0v) is 13.5. The average molecular weight is 362 g/mol. The van der Waals surface area contributed by atoms with Crippen LogP contribution in [0.4, 0.5) is 18.9 Å². The quantitative estimate of drug-likeness (QED) is 0.744. The van der Waals surface area contributed by atoms with Crippen LogP contribution in [0.3, 0.4) is 0 Å². The number of fused-ring (bicyclic) bond motifs is 1. The van der Waals surface area contributed by atoms with E-state index in [4.69, 9.17) is 4.74 Å². The number of alkyl halides is 3. The van der Waals surface area contributed by atoms with Crippen molar-refractivity contribution in [2.24, 2.45) is 0 Å². The molecule has 0 unspecified atom stereocenters. The lowest BCUT2D eigenvalue weighted by Crippen LogP contribution is -2.22. The number of benzene rings is 2. The van der Waals surface area contributed by atoms with Gasteiger partial charge < -0.3 is 15.0 Å². The average Bonchev–Trinajstić information content (AvgIpc) is 2.61. The highest BCUT2D eigenvalue weighted by atomic mass is 19.4. The molecule has 3 aromatic rings. The highest BCUT2D eigenvalue weighted by Gasteiger charge is 2.30. The molecule has 0 saturated heterocycles. The Morgan fingerprint density at radius 2 is 1.92 bits per heavy atom. The summed E-state index contributed by atoms with van der Waals surface area (Å²) in [5.74, 6) is -0.367. The minimum Gasteiger partial charge on any atom is -0.497 e. The van der Waals surface area contributed by atoms with Gasteiger partial charge in [-0.3, -0.25) is 9.59 Å². The SMILES string of the molecule is COc1ccc2[nH]cc(C(=O)Nc3cccc(C(F)(F)F)c3)c(=O)c2c1. The predicted molar refractivity (Wildman–Crippen MR) is 90.5 cm³/mol. The van der Waals surface area contributed by atoms with Crippen LogP contribution in [-0.4, -0.2) is 18.0 Å². The molecule has 1 amide bonds. The lowest BCUT2D eigenvalue weighted by molar-refractivity contribution is -0.137. The van der Waals surface area contributed by atoms with Crippen LogP contribution in [0.5, 0.6) is 5.75 Å². The van der Waals surface area contributed by atoms with Crippen LogP contribution in [0.2, 0.25) is 0 Å². The van der Waals surface area contributed by atoms with Crippen molar-refractivity contribution in [2.75, 3.05) is 12.4 Å². The second-order valence-corrected chi connectivity index (χ2v) is 5.48. The van der Waals surface area contributed by atoms with E-state index >= 15 is 0 Å². The molecule has 0 saturated carbocycles. The Kier molecular flexibility index (Phi) is 4.41. The predicted octanol–water partition coefficient (Wildman–Crippen LogP) is 3.81. The van der Waals surface area contributed by atoms with Crippen molar-refractivity contribution in [2.45, 2.75) is 6.18 Å². The maximum Gasteiger partial charge on any atom is 0.416 e. The van der Waals surface area contributed by atoms with Crippen LogP contribution in [0.25, 0.3) is 10.9 Å². The van der Waals surface area contributed by atoms with Gasteiger partial charge >= 0.3 is 6.18 Å². The molecule has 2 N–H and O–H groups in total. The topological polar surface area (TPSA) is 71.2 Å². The van der Waals surface area contributed by atoms with E-state index in [0.717, 1.165) is 12.1 Å². The van der Waals surface area contributed by atoms with Crippen LogP contribution in [0.1, 0.15) is 15.9 Å². The summed E-state index contributed by atoms with van der Waals surface area (Å²) in [6.07, 6.45) is -3.31. The number of amides is 1. The summed E-state index contributed by atoms with van der Waals surface area (Å²) in [5, 5.41) is 2.55. The van der Waals surface area contributed by atoms with Crippen molar-refractivity contribution in [3.8, 4) is 5.75 Å². The number of hydrogen-bond acceptors (Lipinski definition) is 3. The van der Waals surface area contributed by atoms with Gasteiger partial charge in [-0.1, -0.05) is 6.07 Å². The van der Waals surface area contributed by atoms with Crippen LogP contribution < -0.4 is 15.5 Å². The monoisotopic (exact) mass is 362 g/mol. The summed E-state index contributed by atoms with van der Waals surface area (Å²) in [5.41, 5.74) is -1.22. The van der Waals surface area contributed by atoms with Gasteiger partial charge in [-0.15, -0.1) is 0 Å². The molecular weight excluding hydrogens is 349 g/mol. The Labute approximate surface area is 145 Å². The fourth-order valence-electron chi connectivity index (χ4n) is 2.46. The molecule has 0 spiro atoms. The van der Waals surface area contributed by atoms with Crippen LogP contribution in [0, 0.1) is 0 Å². The van der Waals surface area contributed by atoms with Crippen molar-refractivity contribution < 1.29 is 22.7 Å². The van der Waals surface area contributed by atoms with Gasteiger partial charge in [-0.25, -0.2) is 0 Å². The Hall–Kier alpha value is -3.29. The minimum atomic E-state index is -4.53. The molecule has 0 aliphatic heterocycles. The van der Waals surface area contributed by atoms with Crippen molar-refractivity contribution in [1.82, 2.24) is 4.98 Å². The molecule has 134 valence electrons.